The smallest absolute Gasteiger partial charge is 0.163 e. The second-order valence-electron chi connectivity index (χ2n) is 8.89. The Morgan fingerprint density at radius 2 is 1.00 bits per heavy atom. The summed E-state index contributed by atoms with van der Waals surface area (Å²) in [6, 6.07) is 9.50. The standard InChI is InChI=1S/C24H21NO6/c26-19-5-11-1-2-25-16-10-24(31)21(28)7-13(16)4-18(25)15-9-23(30)20(27)6-12(15)3-17(25)14(11)8-22(19)29/h5-10,17-18H,1-4H2,(H5-,26,27,28,29,30,31)/p+1/t17-,18+,25?/m0/s1. The third-order valence-electron chi connectivity index (χ3n) is 7.51. The molecule has 3 atom stereocenters. The van der Waals surface area contributed by atoms with Gasteiger partial charge in [-0.05, 0) is 41.5 Å². The fourth-order valence-electron chi connectivity index (χ4n) is 6.20. The summed E-state index contributed by atoms with van der Waals surface area (Å²) < 4.78 is 0.498. The van der Waals surface area contributed by atoms with E-state index in [1.54, 1.807) is 36.4 Å². The van der Waals surface area contributed by atoms with E-state index in [4.69, 9.17) is 0 Å². The molecule has 3 aliphatic heterocycles. The van der Waals surface area contributed by atoms with Gasteiger partial charge in [-0.2, -0.15) is 0 Å². The van der Waals surface area contributed by atoms with Crippen molar-refractivity contribution in [3.8, 4) is 34.5 Å². The first kappa shape index (κ1) is 18.2. The Balaban J connectivity index is 1.66. The van der Waals surface area contributed by atoms with E-state index in [0.717, 1.165) is 33.5 Å². The predicted molar refractivity (Wildman–Crippen MR) is 113 cm³/mol. The van der Waals surface area contributed by atoms with Gasteiger partial charge in [-0.25, -0.2) is 0 Å². The number of quaternary nitrogens is 1. The lowest BCUT2D eigenvalue weighted by Crippen LogP contribution is -2.58. The maximum atomic E-state index is 10.3. The van der Waals surface area contributed by atoms with E-state index in [1.165, 1.54) is 0 Å². The van der Waals surface area contributed by atoms with Crippen molar-refractivity contribution in [3.05, 3.63) is 64.2 Å². The third kappa shape index (κ3) is 2.21. The third-order valence-corrected chi connectivity index (χ3v) is 7.51. The summed E-state index contributed by atoms with van der Waals surface area (Å²) in [5.41, 5.74) is 5.59. The molecule has 3 aromatic rings. The molecule has 0 aliphatic carbocycles. The Morgan fingerprint density at radius 1 is 0.548 bits per heavy atom. The van der Waals surface area contributed by atoms with Crippen molar-refractivity contribution in [2.45, 2.75) is 31.3 Å². The molecular formula is C24H22NO6+. The molecule has 0 aromatic heterocycles. The number of nitrogens with zero attached hydrogens (tertiary/aromatic N) is 1. The van der Waals surface area contributed by atoms with Gasteiger partial charge in [0.1, 0.15) is 17.8 Å². The van der Waals surface area contributed by atoms with Gasteiger partial charge in [-0.1, -0.05) is 0 Å². The Hall–Kier alpha value is -3.58. The minimum atomic E-state index is -0.178. The number of benzene rings is 3. The summed E-state index contributed by atoms with van der Waals surface area (Å²) in [6.45, 7) is 0.699. The monoisotopic (exact) mass is 420 g/mol. The molecular weight excluding hydrogens is 398 g/mol. The Morgan fingerprint density at radius 3 is 1.65 bits per heavy atom. The molecule has 0 fully saturated rings. The van der Waals surface area contributed by atoms with Crippen LogP contribution in [-0.2, 0) is 19.3 Å². The molecule has 1 unspecified atom stereocenters. The van der Waals surface area contributed by atoms with Crippen LogP contribution in [0, 0.1) is 0 Å². The maximum Gasteiger partial charge on any atom is 0.163 e. The van der Waals surface area contributed by atoms with Gasteiger partial charge in [0, 0.05) is 42.0 Å². The SMILES string of the molecule is Oc1cc2c(cc1O)[C@H]1Cc3cc(O)c(O)cc3[N+]13CCc1cc(O)c(O)cc1[C@@H]3C2. The van der Waals surface area contributed by atoms with Crippen LogP contribution >= 0.6 is 0 Å². The minimum Gasteiger partial charge on any atom is -0.504 e. The lowest BCUT2D eigenvalue weighted by atomic mass is 9.78. The molecule has 3 aromatic carbocycles. The molecule has 158 valence electrons. The lowest BCUT2D eigenvalue weighted by Gasteiger charge is -2.52. The Bertz CT molecular complexity index is 1290. The molecule has 31 heavy (non-hydrogen) atoms. The van der Waals surface area contributed by atoms with Crippen LogP contribution in [0.4, 0.5) is 5.69 Å². The molecule has 1 spiro atoms. The summed E-state index contributed by atoms with van der Waals surface area (Å²) in [5.74, 6) is -1.01. The van der Waals surface area contributed by atoms with Gasteiger partial charge in [0.05, 0.1) is 6.54 Å². The van der Waals surface area contributed by atoms with Gasteiger partial charge in [0.2, 0.25) is 0 Å². The van der Waals surface area contributed by atoms with Crippen LogP contribution in [0.5, 0.6) is 34.5 Å². The molecule has 0 bridgehead atoms. The van der Waals surface area contributed by atoms with E-state index in [2.05, 4.69) is 0 Å². The first-order chi connectivity index (χ1) is 14.8. The van der Waals surface area contributed by atoms with Crippen molar-refractivity contribution < 1.29 is 30.6 Å². The fraction of sp³-hybridized carbons (Fsp3) is 0.250. The fourth-order valence-corrected chi connectivity index (χ4v) is 6.20. The maximum absolute atomic E-state index is 10.3. The topological polar surface area (TPSA) is 121 Å². The average Bonchev–Trinajstić information content (AvgIpc) is 3.03. The van der Waals surface area contributed by atoms with E-state index in [9.17, 15) is 30.6 Å². The van der Waals surface area contributed by atoms with Crippen LogP contribution in [0.1, 0.15) is 39.9 Å². The number of phenols is 6. The van der Waals surface area contributed by atoms with Crippen molar-refractivity contribution >= 4 is 5.69 Å². The average molecular weight is 420 g/mol. The molecule has 0 saturated heterocycles. The highest BCUT2D eigenvalue weighted by Gasteiger charge is 2.58. The van der Waals surface area contributed by atoms with E-state index in [-0.39, 0.29) is 46.6 Å². The van der Waals surface area contributed by atoms with Gasteiger partial charge < -0.3 is 30.6 Å². The highest BCUT2D eigenvalue weighted by molar-refractivity contribution is 5.68. The molecule has 6 N–H and O–H groups in total. The van der Waals surface area contributed by atoms with Crippen LogP contribution < -0.4 is 4.48 Å². The molecule has 7 nitrogen and oxygen atoms in total. The van der Waals surface area contributed by atoms with Gasteiger partial charge >= 0.3 is 0 Å². The van der Waals surface area contributed by atoms with E-state index < -0.39 is 0 Å². The van der Waals surface area contributed by atoms with Crippen molar-refractivity contribution in [1.82, 2.24) is 4.48 Å². The number of hydrogen-bond donors (Lipinski definition) is 6. The number of hydrogen-bond acceptors (Lipinski definition) is 6. The van der Waals surface area contributed by atoms with Gasteiger partial charge in [0.15, 0.2) is 34.5 Å². The summed E-state index contributed by atoms with van der Waals surface area (Å²) in [4.78, 5) is 0. The summed E-state index contributed by atoms with van der Waals surface area (Å²) in [7, 11) is 0. The second-order valence-corrected chi connectivity index (χ2v) is 8.89. The van der Waals surface area contributed by atoms with Crippen molar-refractivity contribution in [2.75, 3.05) is 6.54 Å². The van der Waals surface area contributed by atoms with Crippen LogP contribution in [0.3, 0.4) is 0 Å². The zero-order valence-corrected chi connectivity index (χ0v) is 16.6. The summed E-state index contributed by atoms with van der Waals surface area (Å²) in [5, 5.41) is 61.1. The predicted octanol–water partition coefficient (Wildman–Crippen LogP) is 3.38. The number of phenolic OH excluding ortho intramolecular Hbond substituents is 6. The van der Waals surface area contributed by atoms with Crippen LogP contribution in [-0.4, -0.2) is 37.2 Å². The number of aromatic hydroxyl groups is 6. The van der Waals surface area contributed by atoms with Gasteiger partial charge in [-0.3, -0.25) is 4.48 Å². The molecule has 0 amide bonds. The van der Waals surface area contributed by atoms with Crippen molar-refractivity contribution in [1.29, 1.82) is 0 Å². The normalized spacial score (nSPS) is 25.2. The molecule has 0 saturated carbocycles. The van der Waals surface area contributed by atoms with Crippen LogP contribution in [0.15, 0.2) is 36.4 Å². The summed E-state index contributed by atoms with van der Waals surface area (Å²) in [6.07, 6.45) is 1.82. The number of rotatable bonds is 0. The quantitative estimate of drug-likeness (QED) is 0.245. The summed E-state index contributed by atoms with van der Waals surface area (Å²) >= 11 is 0. The molecule has 0 radical (unpaired) electrons. The zero-order valence-electron chi connectivity index (χ0n) is 16.6. The Kier molecular flexibility index (Phi) is 3.39. The first-order valence-electron chi connectivity index (χ1n) is 10.3. The minimum absolute atomic E-state index is 0.0828. The molecule has 7 heteroatoms. The van der Waals surface area contributed by atoms with E-state index in [1.807, 2.05) is 0 Å². The zero-order chi connectivity index (χ0) is 21.7. The highest BCUT2D eigenvalue weighted by Crippen LogP contribution is 2.61. The molecule has 3 aliphatic rings. The lowest BCUT2D eigenvalue weighted by molar-refractivity contribution is 0.127. The van der Waals surface area contributed by atoms with E-state index >= 15 is 0 Å². The first-order valence-corrected chi connectivity index (χ1v) is 10.3. The van der Waals surface area contributed by atoms with Crippen molar-refractivity contribution in [3.63, 3.8) is 0 Å². The number of fused-ring (bicyclic) bond motifs is 5. The molecule has 6 rings (SSSR count). The van der Waals surface area contributed by atoms with E-state index in [0.29, 0.717) is 30.3 Å². The highest BCUT2D eigenvalue weighted by atomic mass is 16.3. The Labute approximate surface area is 177 Å². The second kappa shape index (κ2) is 5.76. The van der Waals surface area contributed by atoms with Crippen LogP contribution in [0.2, 0.25) is 0 Å². The van der Waals surface area contributed by atoms with Crippen molar-refractivity contribution in [2.24, 2.45) is 0 Å². The molecule has 3 heterocycles. The largest absolute Gasteiger partial charge is 0.504 e. The van der Waals surface area contributed by atoms with Gasteiger partial charge in [-0.15, -0.1) is 0 Å². The van der Waals surface area contributed by atoms with Gasteiger partial charge in [0.25, 0.3) is 0 Å². The van der Waals surface area contributed by atoms with Crippen LogP contribution in [0.25, 0.3) is 0 Å².